The Labute approximate surface area is 125 Å². The van der Waals surface area contributed by atoms with E-state index in [2.05, 4.69) is 5.32 Å². The Morgan fingerprint density at radius 3 is 2.29 bits per heavy atom. The summed E-state index contributed by atoms with van der Waals surface area (Å²) in [5.41, 5.74) is 1.42. The standard InChI is InChI=1S/C15H23N3O3/c1-4-9-18(10-11-19)15(21)16-13-5-7-14(8-6-13)17(3)12(2)20/h5-8,19H,4,9-11H2,1-3H3,(H,16,21). The Balaban J connectivity index is 2.70. The number of rotatable bonds is 6. The summed E-state index contributed by atoms with van der Waals surface area (Å²) >= 11 is 0. The summed E-state index contributed by atoms with van der Waals surface area (Å²) in [5, 5.41) is 11.7. The van der Waals surface area contributed by atoms with Gasteiger partial charge < -0.3 is 20.2 Å². The molecule has 21 heavy (non-hydrogen) atoms. The molecule has 0 saturated carbocycles. The predicted octanol–water partition coefficient (Wildman–Crippen LogP) is 1.91. The van der Waals surface area contributed by atoms with E-state index in [4.69, 9.17) is 5.11 Å². The van der Waals surface area contributed by atoms with Gasteiger partial charge in [0.1, 0.15) is 0 Å². The summed E-state index contributed by atoms with van der Waals surface area (Å²) in [7, 11) is 1.69. The maximum Gasteiger partial charge on any atom is 0.321 e. The molecule has 0 saturated heterocycles. The van der Waals surface area contributed by atoms with Crippen molar-refractivity contribution in [1.29, 1.82) is 0 Å². The van der Waals surface area contributed by atoms with Crippen molar-refractivity contribution in [2.45, 2.75) is 20.3 Å². The molecule has 0 radical (unpaired) electrons. The third-order valence-corrected chi connectivity index (χ3v) is 3.13. The van der Waals surface area contributed by atoms with Crippen molar-refractivity contribution in [3.05, 3.63) is 24.3 Å². The number of carbonyl (C=O) groups is 2. The predicted molar refractivity (Wildman–Crippen MR) is 83.5 cm³/mol. The minimum atomic E-state index is -0.237. The van der Waals surface area contributed by atoms with Crippen LogP contribution in [0.5, 0.6) is 0 Å². The van der Waals surface area contributed by atoms with Crippen molar-refractivity contribution in [2.24, 2.45) is 0 Å². The normalized spacial score (nSPS) is 10.1. The van der Waals surface area contributed by atoms with Gasteiger partial charge in [-0.2, -0.15) is 0 Å². The van der Waals surface area contributed by atoms with Crippen molar-refractivity contribution < 1.29 is 14.7 Å². The van der Waals surface area contributed by atoms with Crippen LogP contribution < -0.4 is 10.2 Å². The van der Waals surface area contributed by atoms with Crippen LogP contribution in [0, 0.1) is 0 Å². The molecule has 0 fully saturated rings. The van der Waals surface area contributed by atoms with Crippen LogP contribution in [-0.2, 0) is 4.79 Å². The van der Waals surface area contributed by atoms with Crippen molar-refractivity contribution in [3.8, 4) is 0 Å². The Bertz CT molecular complexity index is 468. The summed E-state index contributed by atoms with van der Waals surface area (Å²) in [5.74, 6) is -0.0520. The number of benzene rings is 1. The third kappa shape index (κ3) is 5.07. The molecular formula is C15H23N3O3. The fourth-order valence-electron chi connectivity index (χ4n) is 1.86. The zero-order chi connectivity index (χ0) is 15.8. The van der Waals surface area contributed by atoms with Gasteiger partial charge >= 0.3 is 6.03 Å². The van der Waals surface area contributed by atoms with Gasteiger partial charge in [-0.3, -0.25) is 4.79 Å². The number of hydrogen-bond acceptors (Lipinski definition) is 3. The quantitative estimate of drug-likeness (QED) is 0.841. The van der Waals surface area contributed by atoms with Crippen LogP contribution in [0.2, 0.25) is 0 Å². The van der Waals surface area contributed by atoms with Crippen LogP contribution in [-0.4, -0.2) is 48.7 Å². The molecular weight excluding hydrogens is 270 g/mol. The van der Waals surface area contributed by atoms with E-state index in [-0.39, 0.29) is 18.5 Å². The van der Waals surface area contributed by atoms with Gasteiger partial charge in [0.2, 0.25) is 5.91 Å². The zero-order valence-corrected chi connectivity index (χ0v) is 12.8. The second-order valence-electron chi connectivity index (χ2n) is 4.77. The van der Waals surface area contributed by atoms with Crippen LogP contribution in [0.25, 0.3) is 0 Å². The number of amides is 3. The first-order chi connectivity index (χ1) is 9.99. The van der Waals surface area contributed by atoms with Gasteiger partial charge in [0.05, 0.1) is 6.61 Å². The molecule has 2 N–H and O–H groups in total. The summed E-state index contributed by atoms with van der Waals surface area (Å²) in [4.78, 5) is 26.4. The fraction of sp³-hybridized carbons (Fsp3) is 0.467. The van der Waals surface area contributed by atoms with Crippen LogP contribution in [0.4, 0.5) is 16.2 Å². The van der Waals surface area contributed by atoms with Crippen LogP contribution in [0.15, 0.2) is 24.3 Å². The molecule has 0 bridgehead atoms. The summed E-state index contributed by atoms with van der Waals surface area (Å²) in [6.45, 7) is 4.31. The van der Waals surface area contributed by atoms with E-state index >= 15 is 0 Å². The molecule has 3 amide bonds. The van der Waals surface area contributed by atoms with Crippen LogP contribution in [0.1, 0.15) is 20.3 Å². The molecule has 116 valence electrons. The second-order valence-corrected chi connectivity index (χ2v) is 4.77. The first-order valence-electron chi connectivity index (χ1n) is 7.00. The van der Waals surface area contributed by atoms with Gasteiger partial charge in [0, 0.05) is 38.4 Å². The average Bonchev–Trinajstić information content (AvgIpc) is 2.47. The Kier molecular flexibility index (Phi) is 6.68. The van der Waals surface area contributed by atoms with Gasteiger partial charge in [0.15, 0.2) is 0 Å². The van der Waals surface area contributed by atoms with Crippen molar-refractivity contribution >= 4 is 23.3 Å². The fourth-order valence-corrected chi connectivity index (χ4v) is 1.86. The molecule has 1 aromatic carbocycles. The van der Waals surface area contributed by atoms with E-state index < -0.39 is 0 Å². The molecule has 6 heteroatoms. The molecule has 6 nitrogen and oxygen atoms in total. The molecule has 0 heterocycles. The zero-order valence-electron chi connectivity index (χ0n) is 12.8. The number of carbonyl (C=O) groups excluding carboxylic acids is 2. The number of urea groups is 1. The summed E-state index contributed by atoms with van der Waals surface area (Å²) in [6, 6.07) is 6.80. The highest BCUT2D eigenvalue weighted by molar-refractivity contribution is 5.92. The van der Waals surface area contributed by atoms with E-state index in [1.54, 1.807) is 36.2 Å². The average molecular weight is 293 g/mol. The maximum absolute atomic E-state index is 12.1. The molecule has 0 unspecified atom stereocenters. The lowest BCUT2D eigenvalue weighted by Gasteiger charge is -2.22. The second kappa shape index (κ2) is 8.26. The first-order valence-corrected chi connectivity index (χ1v) is 7.00. The van der Waals surface area contributed by atoms with Gasteiger partial charge in [-0.15, -0.1) is 0 Å². The molecule has 0 aliphatic rings. The number of nitrogens with zero attached hydrogens (tertiary/aromatic N) is 2. The minimum absolute atomic E-state index is 0.0520. The summed E-state index contributed by atoms with van der Waals surface area (Å²) < 4.78 is 0. The first kappa shape index (κ1) is 17.0. The third-order valence-electron chi connectivity index (χ3n) is 3.13. The highest BCUT2D eigenvalue weighted by Gasteiger charge is 2.12. The summed E-state index contributed by atoms with van der Waals surface area (Å²) in [6.07, 6.45) is 0.829. The van der Waals surface area contributed by atoms with Crippen LogP contribution >= 0.6 is 0 Å². The van der Waals surface area contributed by atoms with Gasteiger partial charge in [-0.05, 0) is 30.7 Å². The van der Waals surface area contributed by atoms with Crippen molar-refractivity contribution in [1.82, 2.24) is 4.90 Å². The number of aliphatic hydroxyl groups excluding tert-OH is 1. The molecule has 0 aliphatic carbocycles. The Morgan fingerprint density at radius 2 is 1.81 bits per heavy atom. The van der Waals surface area contributed by atoms with E-state index in [0.717, 1.165) is 12.1 Å². The minimum Gasteiger partial charge on any atom is -0.395 e. The lowest BCUT2D eigenvalue weighted by Crippen LogP contribution is -2.37. The number of hydrogen-bond donors (Lipinski definition) is 2. The smallest absolute Gasteiger partial charge is 0.321 e. The van der Waals surface area contributed by atoms with E-state index in [1.807, 2.05) is 6.92 Å². The molecule has 0 aliphatic heterocycles. The van der Waals surface area contributed by atoms with Crippen molar-refractivity contribution in [2.75, 3.05) is 37.0 Å². The Hall–Kier alpha value is -2.08. The van der Waals surface area contributed by atoms with Crippen LogP contribution in [0.3, 0.4) is 0 Å². The molecule has 0 atom stereocenters. The van der Waals surface area contributed by atoms with E-state index in [9.17, 15) is 9.59 Å². The molecule has 0 aromatic heterocycles. The monoisotopic (exact) mass is 293 g/mol. The SMILES string of the molecule is CCCN(CCO)C(=O)Nc1ccc(N(C)C(C)=O)cc1. The molecule has 0 spiro atoms. The van der Waals surface area contributed by atoms with Gasteiger partial charge in [-0.25, -0.2) is 4.79 Å². The lowest BCUT2D eigenvalue weighted by molar-refractivity contribution is -0.116. The molecule has 1 rings (SSSR count). The highest BCUT2D eigenvalue weighted by Crippen LogP contribution is 2.17. The number of aliphatic hydroxyl groups is 1. The maximum atomic E-state index is 12.1. The van der Waals surface area contributed by atoms with E-state index in [1.165, 1.54) is 11.8 Å². The van der Waals surface area contributed by atoms with E-state index in [0.29, 0.717) is 18.8 Å². The Morgan fingerprint density at radius 1 is 1.19 bits per heavy atom. The van der Waals surface area contributed by atoms with Gasteiger partial charge in [0.25, 0.3) is 0 Å². The number of anilines is 2. The topological polar surface area (TPSA) is 72.9 Å². The van der Waals surface area contributed by atoms with Crippen molar-refractivity contribution in [3.63, 3.8) is 0 Å². The highest BCUT2D eigenvalue weighted by atomic mass is 16.3. The largest absolute Gasteiger partial charge is 0.395 e. The van der Waals surface area contributed by atoms with Gasteiger partial charge in [-0.1, -0.05) is 6.92 Å². The lowest BCUT2D eigenvalue weighted by atomic mass is 10.2. The number of nitrogens with one attached hydrogen (secondary N) is 1. The molecule has 1 aromatic rings.